The molecule has 2 fully saturated rings. The second-order valence-corrected chi connectivity index (χ2v) is 6.48. The van der Waals surface area contributed by atoms with Crippen LogP contribution in [-0.4, -0.2) is 19.2 Å². The maximum Gasteiger partial charge on any atom is 0.119 e. The van der Waals surface area contributed by atoms with E-state index < -0.39 is 0 Å². The van der Waals surface area contributed by atoms with Gasteiger partial charge in [-0.1, -0.05) is 37.5 Å². The van der Waals surface area contributed by atoms with Crippen LogP contribution in [0.25, 0.3) is 0 Å². The van der Waals surface area contributed by atoms with Crippen molar-refractivity contribution in [1.82, 2.24) is 5.32 Å². The van der Waals surface area contributed by atoms with Crippen LogP contribution in [0.3, 0.4) is 0 Å². The van der Waals surface area contributed by atoms with E-state index in [1.165, 1.54) is 44.9 Å². The number of para-hydroxylation sites is 1. The van der Waals surface area contributed by atoms with Gasteiger partial charge in [-0.2, -0.15) is 0 Å². The fourth-order valence-corrected chi connectivity index (χ4v) is 3.93. The van der Waals surface area contributed by atoms with Gasteiger partial charge in [-0.3, -0.25) is 0 Å². The van der Waals surface area contributed by atoms with Crippen molar-refractivity contribution in [3.63, 3.8) is 0 Å². The minimum absolute atomic E-state index is 0.679. The summed E-state index contributed by atoms with van der Waals surface area (Å²) in [7, 11) is 0. The first-order valence-corrected chi connectivity index (χ1v) is 8.30. The molecule has 0 bridgehead atoms. The van der Waals surface area contributed by atoms with Crippen molar-refractivity contribution in [3.8, 4) is 5.75 Å². The van der Waals surface area contributed by atoms with Gasteiger partial charge in [-0.15, -0.1) is 0 Å². The molecule has 110 valence electrons. The van der Waals surface area contributed by atoms with Gasteiger partial charge in [-0.05, 0) is 56.2 Å². The molecule has 1 N–H and O–H groups in total. The molecule has 3 rings (SSSR count). The van der Waals surface area contributed by atoms with Gasteiger partial charge in [0, 0.05) is 6.04 Å². The molecule has 1 aromatic carbocycles. The quantitative estimate of drug-likeness (QED) is 0.786. The first kappa shape index (κ1) is 13.9. The fraction of sp³-hybridized carbons (Fsp3) is 0.667. The van der Waals surface area contributed by atoms with Crippen molar-refractivity contribution >= 4 is 0 Å². The molecule has 0 aliphatic heterocycles. The fourth-order valence-electron chi connectivity index (χ4n) is 3.93. The largest absolute Gasteiger partial charge is 0.494 e. The second kappa shape index (κ2) is 6.62. The number of rotatable bonds is 6. The molecule has 1 atom stereocenters. The van der Waals surface area contributed by atoms with E-state index >= 15 is 0 Å². The van der Waals surface area contributed by atoms with Gasteiger partial charge >= 0.3 is 0 Å². The van der Waals surface area contributed by atoms with E-state index in [-0.39, 0.29) is 0 Å². The monoisotopic (exact) mass is 273 g/mol. The number of nitrogens with one attached hydrogen (secondary N) is 1. The predicted octanol–water partition coefficient (Wildman–Crippen LogP) is 4.16. The van der Waals surface area contributed by atoms with Gasteiger partial charge in [0.1, 0.15) is 5.75 Å². The third-order valence-electron chi connectivity index (χ3n) is 5.24. The summed E-state index contributed by atoms with van der Waals surface area (Å²) in [4.78, 5) is 0. The summed E-state index contributed by atoms with van der Waals surface area (Å²) in [5.74, 6) is 0.986. The van der Waals surface area contributed by atoms with Crippen molar-refractivity contribution in [3.05, 3.63) is 30.3 Å². The predicted molar refractivity (Wildman–Crippen MR) is 83.1 cm³/mol. The molecule has 20 heavy (non-hydrogen) atoms. The number of hydrogen-bond acceptors (Lipinski definition) is 2. The average Bonchev–Trinajstić information content (AvgIpc) is 2.51. The smallest absolute Gasteiger partial charge is 0.119 e. The van der Waals surface area contributed by atoms with E-state index in [2.05, 4.69) is 5.32 Å². The summed E-state index contributed by atoms with van der Waals surface area (Å²) >= 11 is 0. The minimum Gasteiger partial charge on any atom is -0.494 e. The van der Waals surface area contributed by atoms with Crippen LogP contribution >= 0.6 is 0 Å². The molecular weight excluding hydrogens is 246 g/mol. The van der Waals surface area contributed by atoms with Crippen LogP contribution in [0.2, 0.25) is 0 Å². The lowest BCUT2D eigenvalue weighted by molar-refractivity contribution is 0.0228. The Hall–Kier alpha value is -1.02. The maximum atomic E-state index is 5.74. The van der Waals surface area contributed by atoms with Crippen LogP contribution < -0.4 is 10.1 Å². The molecule has 1 aromatic rings. The Morgan fingerprint density at radius 1 is 1.05 bits per heavy atom. The molecule has 0 aromatic heterocycles. The Morgan fingerprint density at radius 2 is 1.85 bits per heavy atom. The molecule has 0 amide bonds. The number of ether oxygens (including phenoxy) is 1. The lowest BCUT2D eigenvalue weighted by Gasteiger charge is -2.52. The van der Waals surface area contributed by atoms with Gasteiger partial charge in [0.15, 0.2) is 0 Å². The van der Waals surface area contributed by atoms with Gasteiger partial charge in [-0.25, -0.2) is 0 Å². The zero-order valence-corrected chi connectivity index (χ0v) is 12.4. The molecule has 2 saturated carbocycles. The number of benzene rings is 1. The van der Waals surface area contributed by atoms with Gasteiger partial charge in [0.05, 0.1) is 6.61 Å². The first-order chi connectivity index (χ1) is 9.89. The van der Waals surface area contributed by atoms with E-state index in [9.17, 15) is 0 Å². The van der Waals surface area contributed by atoms with Crippen LogP contribution in [0.15, 0.2) is 30.3 Å². The molecular formula is C18H27NO. The van der Waals surface area contributed by atoms with Gasteiger partial charge in [0.2, 0.25) is 0 Å². The summed E-state index contributed by atoms with van der Waals surface area (Å²) in [6.45, 7) is 1.91. The molecule has 2 nitrogen and oxygen atoms in total. The Labute approximate surface area is 122 Å². The summed E-state index contributed by atoms with van der Waals surface area (Å²) < 4.78 is 5.74. The van der Waals surface area contributed by atoms with Crippen LogP contribution in [0.1, 0.15) is 51.4 Å². The van der Waals surface area contributed by atoms with Crippen molar-refractivity contribution in [2.75, 3.05) is 13.2 Å². The SMILES string of the molecule is c1ccc(OCCCNC2CCC23CCCCC3)cc1. The van der Waals surface area contributed by atoms with Gasteiger partial charge < -0.3 is 10.1 Å². The summed E-state index contributed by atoms with van der Waals surface area (Å²) in [6, 6.07) is 10.9. The Balaban J connectivity index is 1.32. The lowest BCUT2D eigenvalue weighted by atomic mass is 9.57. The van der Waals surface area contributed by atoms with Crippen molar-refractivity contribution in [2.45, 2.75) is 57.4 Å². The highest BCUT2D eigenvalue weighted by molar-refractivity contribution is 5.20. The second-order valence-electron chi connectivity index (χ2n) is 6.48. The molecule has 1 spiro atoms. The third-order valence-corrected chi connectivity index (χ3v) is 5.24. The lowest BCUT2D eigenvalue weighted by Crippen LogP contribution is -2.54. The first-order valence-electron chi connectivity index (χ1n) is 8.30. The van der Waals surface area contributed by atoms with Crippen molar-refractivity contribution in [2.24, 2.45) is 5.41 Å². The number of hydrogen-bond donors (Lipinski definition) is 1. The molecule has 2 aliphatic rings. The molecule has 2 aliphatic carbocycles. The highest BCUT2D eigenvalue weighted by Gasteiger charge is 2.46. The summed E-state index contributed by atoms with van der Waals surface area (Å²) in [6.07, 6.45) is 11.2. The zero-order valence-electron chi connectivity index (χ0n) is 12.4. The third kappa shape index (κ3) is 3.17. The highest BCUT2D eigenvalue weighted by atomic mass is 16.5. The molecule has 0 heterocycles. The standard InChI is InChI=1S/C18H27NO/c1-3-8-16(9-4-1)20-15-7-14-19-17-10-13-18(17)11-5-2-6-12-18/h1,3-4,8-9,17,19H,2,5-7,10-15H2. The van der Waals surface area contributed by atoms with Crippen molar-refractivity contribution < 1.29 is 4.74 Å². The molecule has 0 radical (unpaired) electrons. The average molecular weight is 273 g/mol. The summed E-state index contributed by atoms with van der Waals surface area (Å²) in [5, 5.41) is 3.79. The van der Waals surface area contributed by atoms with Crippen LogP contribution in [0, 0.1) is 5.41 Å². The van der Waals surface area contributed by atoms with Crippen LogP contribution in [0.4, 0.5) is 0 Å². The normalized spacial score (nSPS) is 24.3. The molecule has 0 saturated heterocycles. The van der Waals surface area contributed by atoms with E-state index in [0.717, 1.165) is 31.4 Å². The van der Waals surface area contributed by atoms with Crippen LogP contribution in [-0.2, 0) is 0 Å². The van der Waals surface area contributed by atoms with E-state index in [0.29, 0.717) is 5.41 Å². The summed E-state index contributed by atoms with van der Waals surface area (Å²) in [5.41, 5.74) is 0.679. The highest BCUT2D eigenvalue weighted by Crippen LogP contribution is 2.51. The van der Waals surface area contributed by atoms with E-state index in [1.54, 1.807) is 0 Å². The van der Waals surface area contributed by atoms with Crippen LogP contribution in [0.5, 0.6) is 5.75 Å². The minimum atomic E-state index is 0.679. The molecule has 2 heteroatoms. The van der Waals surface area contributed by atoms with Gasteiger partial charge in [0.25, 0.3) is 0 Å². The topological polar surface area (TPSA) is 21.3 Å². The Kier molecular flexibility index (Phi) is 4.62. The Bertz CT molecular complexity index is 397. The Morgan fingerprint density at radius 3 is 2.55 bits per heavy atom. The maximum absolute atomic E-state index is 5.74. The zero-order chi connectivity index (χ0) is 13.7. The van der Waals surface area contributed by atoms with E-state index in [1.807, 2.05) is 30.3 Å². The van der Waals surface area contributed by atoms with Crippen molar-refractivity contribution in [1.29, 1.82) is 0 Å². The molecule has 1 unspecified atom stereocenters. The van der Waals surface area contributed by atoms with E-state index in [4.69, 9.17) is 4.74 Å².